The van der Waals surface area contributed by atoms with E-state index in [4.69, 9.17) is 4.74 Å². The first-order valence-corrected chi connectivity index (χ1v) is 5.99. The molecular formula is C12H20N2O2. The van der Waals surface area contributed by atoms with Crippen LogP contribution in [-0.2, 0) is 16.9 Å². The highest BCUT2D eigenvalue weighted by molar-refractivity contribution is 5.10. The molecule has 0 saturated heterocycles. The van der Waals surface area contributed by atoms with Gasteiger partial charge in [0.15, 0.2) is 0 Å². The van der Waals surface area contributed by atoms with Gasteiger partial charge in [0.05, 0.1) is 6.10 Å². The third-order valence-corrected chi connectivity index (χ3v) is 3.53. The standard InChI is InChI=1S/C12H20N2O2/c1-3-14-9-8-13-11(14)12(15)7-5-4-6-10(12)16-2/h8-10,15H,3-7H2,1-2H3. The second-order valence-corrected chi connectivity index (χ2v) is 4.43. The summed E-state index contributed by atoms with van der Waals surface area (Å²) in [6.07, 6.45) is 7.33. The maximum Gasteiger partial charge on any atom is 0.148 e. The number of imidazole rings is 1. The van der Waals surface area contributed by atoms with Crippen molar-refractivity contribution in [3.8, 4) is 0 Å². The van der Waals surface area contributed by atoms with Gasteiger partial charge in [-0.25, -0.2) is 4.98 Å². The minimum absolute atomic E-state index is 0.131. The lowest BCUT2D eigenvalue weighted by Gasteiger charge is -2.38. The van der Waals surface area contributed by atoms with Crippen LogP contribution in [0.3, 0.4) is 0 Å². The van der Waals surface area contributed by atoms with Crippen molar-refractivity contribution in [2.45, 2.75) is 50.9 Å². The quantitative estimate of drug-likeness (QED) is 0.849. The van der Waals surface area contributed by atoms with Crippen LogP contribution in [0.5, 0.6) is 0 Å². The molecule has 1 aromatic heterocycles. The summed E-state index contributed by atoms with van der Waals surface area (Å²) in [7, 11) is 1.67. The van der Waals surface area contributed by atoms with Crippen LogP contribution >= 0.6 is 0 Å². The van der Waals surface area contributed by atoms with Gasteiger partial charge in [-0.3, -0.25) is 0 Å². The predicted octanol–water partition coefficient (Wildman–Crippen LogP) is 1.68. The third-order valence-electron chi connectivity index (χ3n) is 3.53. The van der Waals surface area contributed by atoms with E-state index in [0.717, 1.165) is 38.1 Å². The number of ether oxygens (including phenoxy) is 1. The van der Waals surface area contributed by atoms with Crippen molar-refractivity contribution < 1.29 is 9.84 Å². The molecule has 0 aromatic carbocycles. The number of aromatic nitrogens is 2. The van der Waals surface area contributed by atoms with Crippen LogP contribution in [0.1, 0.15) is 38.4 Å². The van der Waals surface area contributed by atoms with Gasteiger partial charge in [0.25, 0.3) is 0 Å². The molecule has 1 N–H and O–H groups in total. The molecule has 2 atom stereocenters. The van der Waals surface area contributed by atoms with Gasteiger partial charge in [-0.15, -0.1) is 0 Å². The van der Waals surface area contributed by atoms with Crippen molar-refractivity contribution in [3.63, 3.8) is 0 Å². The Bertz CT molecular complexity index is 351. The molecular weight excluding hydrogens is 204 g/mol. The SMILES string of the molecule is CCn1ccnc1C1(O)CCCCC1OC. The first-order chi connectivity index (χ1) is 7.72. The smallest absolute Gasteiger partial charge is 0.148 e. The van der Waals surface area contributed by atoms with E-state index < -0.39 is 5.60 Å². The highest BCUT2D eigenvalue weighted by Crippen LogP contribution is 2.37. The van der Waals surface area contributed by atoms with Crippen LogP contribution in [0.15, 0.2) is 12.4 Å². The van der Waals surface area contributed by atoms with Gasteiger partial charge in [0.1, 0.15) is 11.4 Å². The van der Waals surface area contributed by atoms with Crippen molar-refractivity contribution in [1.82, 2.24) is 9.55 Å². The van der Waals surface area contributed by atoms with Crippen LogP contribution in [0.4, 0.5) is 0 Å². The summed E-state index contributed by atoms with van der Waals surface area (Å²) in [6.45, 7) is 2.88. The molecule has 0 aliphatic heterocycles. The minimum Gasteiger partial charge on any atom is -0.379 e. The monoisotopic (exact) mass is 224 g/mol. The third kappa shape index (κ3) is 1.76. The van der Waals surface area contributed by atoms with Crippen molar-refractivity contribution >= 4 is 0 Å². The Labute approximate surface area is 96.3 Å². The number of methoxy groups -OCH3 is 1. The van der Waals surface area contributed by atoms with E-state index in [0.29, 0.717) is 0 Å². The molecule has 16 heavy (non-hydrogen) atoms. The average Bonchev–Trinajstić information content (AvgIpc) is 2.78. The van der Waals surface area contributed by atoms with Crippen LogP contribution in [-0.4, -0.2) is 27.9 Å². The van der Waals surface area contributed by atoms with Gasteiger partial charge < -0.3 is 14.4 Å². The number of aryl methyl sites for hydroxylation is 1. The molecule has 0 radical (unpaired) electrons. The molecule has 1 aliphatic carbocycles. The number of aliphatic hydroxyl groups is 1. The maximum atomic E-state index is 10.8. The van der Waals surface area contributed by atoms with Crippen molar-refractivity contribution in [2.24, 2.45) is 0 Å². The van der Waals surface area contributed by atoms with Gasteiger partial charge in [0.2, 0.25) is 0 Å². The van der Waals surface area contributed by atoms with Crippen LogP contribution in [0.25, 0.3) is 0 Å². The number of rotatable bonds is 3. The average molecular weight is 224 g/mol. The maximum absolute atomic E-state index is 10.8. The highest BCUT2D eigenvalue weighted by atomic mass is 16.5. The fourth-order valence-corrected chi connectivity index (χ4v) is 2.64. The first kappa shape index (κ1) is 11.6. The molecule has 1 heterocycles. The van der Waals surface area contributed by atoms with Crippen molar-refractivity contribution in [2.75, 3.05) is 7.11 Å². The molecule has 0 bridgehead atoms. The summed E-state index contributed by atoms with van der Waals surface area (Å²) in [5.74, 6) is 0.751. The molecule has 1 aromatic rings. The largest absolute Gasteiger partial charge is 0.379 e. The summed E-state index contributed by atoms with van der Waals surface area (Å²) in [6, 6.07) is 0. The fourth-order valence-electron chi connectivity index (χ4n) is 2.64. The molecule has 1 fully saturated rings. The zero-order chi connectivity index (χ0) is 11.6. The molecule has 2 rings (SSSR count). The Kier molecular flexibility index (Phi) is 3.30. The molecule has 1 aliphatic rings. The van der Waals surface area contributed by atoms with Crippen molar-refractivity contribution in [3.05, 3.63) is 18.2 Å². The molecule has 1 saturated carbocycles. The Hall–Kier alpha value is -0.870. The molecule has 2 unspecified atom stereocenters. The van der Waals surface area contributed by atoms with E-state index in [1.807, 2.05) is 10.8 Å². The normalized spacial score (nSPS) is 30.6. The lowest BCUT2D eigenvalue weighted by Crippen LogP contribution is -2.45. The van der Waals surface area contributed by atoms with E-state index in [-0.39, 0.29) is 6.10 Å². The fraction of sp³-hybridized carbons (Fsp3) is 0.750. The number of nitrogens with zero attached hydrogens (tertiary/aromatic N) is 2. The van der Waals surface area contributed by atoms with Crippen LogP contribution in [0, 0.1) is 0 Å². The summed E-state index contributed by atoms with van der Waals surface area (Å²) in [5, 5.41) is 10.8. The summed E-state index contributed by atoms with van der Waals surface area (Å²) in [5.41, 5.74) is -0.910. The van der Waals surface area contributed by atoms with Gasteiger partial charge in [-0.2, -0.15) is 0 Å². The van der Waals surface area contributed by atoms with Crippen molar-refractivity contribution in [1.29, 1.82) is 0 Å². The zero-order valence-electron chi connectivity index (χ0n) is 10.0. The van der Waals surface area contributed by atoms with Gasteiger partial charge in [0, 0.05) is 26.0 Å². The molecule has 0 amide bonds. The molecule has 90 valence electrons. The van der Waals surface area contributed by atoms with Gasteiger partial charge in [-0.1, -0.05) is 6.42 Å². The second kappa shape index (κ2) is 4.55. The number of hydrogen-bond donors (Lipinski definition) is 1. The number of hydrogen-bond acceptors (Lipinski definition) is 3. The van der Waals surface area contributed by atoms with E-state index in [1.54, 1.807) is 13.3 Å². The van der Waals surface area contributed by atoms with Gasteiger partial charge in [-0.05, 0) is 26.2 Å². The van der Waals surface area contributed by atoms with Crippen LogP contribution in [0.2, 0.25) is 0 Å². The van der Waals surface area contributed by atoms with E-state index in [1.165, 1.54) is 0 Å². The van der Waals surface area contributed by atoms with Crippen LogP contribution < -0.4 is 0 Å². The summed E-state index contributed by atoms with van der Waals surface area (Å²) in [4.78, 5) is 4.31. The lowest BCUT2D eigenvalue weighted by molar-refractivity contribution is -0.129. The lowest BCUT2D eigenvalue weighted by atomic mass is 9.81. The summed E-state index contributed by atoms with van der Waals surface area (Å²) < 4.78 is 7.42. The predicted molar refractivity (Wildman–Crippen MR) is 61.1 cm³/mol. The van der Waals surface area contributed by atoms with Gasteiger partial charge >= 0.3 is 0 Å². The van der Waals surface area contributed by atoms with E-state index in [2.05, 4.69) is 11.9 Å². The Morgan fingerprint density at radius 3 is 3.12 bits per heavy atom. The molecule has 0 spiro atoms. The molecule has 4 nitrogen and oxygen atoms in total. The Balaban J connectivity index is 2.34. The topological polar surface area (TPSA) is 47.3 Å². The minimum atomic E-state index is -0.910. The first-order valence-electron chi connectivity index (χ1n) is 5.99. The summed E-state index contributed by atoms with van der Waals surface area (Å²) >= 11 is 0. The van der Waals surface area contributed by atoms with E-state index >= 15 is 0 Å². The highest BCUT2D eigenvalue weighted by Gasteiger charge is 2.43. The Morgan fingerprint density at radius 1 is 1.62 bits per heavy atom. The zero-order valence-corrected chi connectivity index (χ0v) is 10.0. The Morgan fingerprint density at radius 2 is 2.44 bits per heavy atom. The van der Waals surface area contributed by atoms with E-state index in [9.17, 15) is 5.11 Å². The second-order valence-electron chi connectivity index (χ2n) is 4.43. The molecule has 4 heteroatoms.